The zero-order chi connectivity index (χ0) is 13.0. The van der Waals surface area contributed by atoms with Crippen molar-refractivity contribution in [3.05, 3.63) is 29.8 Å². The molecule has 1 fully saturated rings. The molecule has 0 unspecified atom stereocenters. The van der Waals surface area contributed by atoms with E-state index in [1.165, 1.54) is 18.4 Å². The summed E-state index contributed by atoms with van der Waals surface area (Å²) in [5.41, 5.74) is 2.17. The maximum atomic E-state index is 12.0. The van der Waals surface area contributed by atoms with Crippen molar-refractivity contribution in [1.29, 1.82) is 0 Å². The number of hydrogen-bond acceptors (Lipinski definition) is 2. The molecule has 1 aliphatic carbocycles. The number of amides is 1. The van der Waals surface area contributed by atoms with Crippen molar-refractivity contribution in [2.75, 3.05) is 19.4 Å². The summed E-state index contributed by atoms with van der Waals surface area (Å²) in [6, 6.07) is 8.13. The SMILES string of the molecule is CN(C)Cc1ccc(NC(=O)C2CCCC2)cc1. The first-order valence-electron chi connectivity index (χ1n) is 6.69. The van der Waals surface area contributed by atoms with E-state index in [1.807, 2.05) is 12.1 Å². The summed E-state index contributed by atoms with van der Waals surface area (Å²) in [7, 11) is 4.10. The molecular formula is C15H22N2O. The molecule has 1 aliphatic rings. The van der Waals surface area contributed by atoms with Crippen molar-refractivity contribution < 1.29 is 4.79 Å². The quantitative estimate of drug-likeness (QED) is 0.886. The van der Waals surface area contributed by atoms with Crippen molar-refractivity contribution in [1.82, 2.24) is 4.90 Å². The van der Waals surface area contributed by atoms with Crippen molar-refractivity contribution in [3.8, 4) is 0 Å². The number of benzene rings is 1. The van der Waals surface area contributed by atoms with Crippen LogP contribution in [0.3, 0.4) is 0 Å². The van der Waals surface area contributed by atoms with E-state index >= 15 is 0 Å². The largest absolute Gasteiger partial charge is 0.326 e. The van der Waals surface area contributed by atoms with Crippen LogP contribution in [0, 0.1) is 5.92 Å². The maximum Gasteiger partial charge on any atom is 0.227 e. The molecule has 2 rings (SSSR count). The lowest BCUT2D eigenvalue weighted by Gasteiger charge is -2.12. The molecule has 1 amide bonds. The Balaban J connectivity index is 1.91. The van der Waals surface area contributed by atoms with Gasteiger partial charge in [-0.3, -0.25) is 4.79 Å². The highest BCUT2D eigenvalue weighted by Gasteiger charge is 2.22. The number of hydrogen-bond donors (Lipinski definition) is 1. The average Bonchev–Trinajstić information content (AvgIpc) is 2.84. The van der Waals surface area contributed by atoms with Gasteiger partial charge in [-0.2, -0.15) is 0 Å². The van der Waals surface area contributed by atoms with Crippen LogP contribution in [-0.4, -0.2) is 24.9 Å². The molecule has 18 heavy (non-hydrogen) atoms. The van der Waals surface area contributed by atoms with E-state index in [0.717, 1.165) is 25.1 Å². The summed E-state index contributed by atoms with van der Waals surface area (Å²) in [6.07, 6.45) is 4.48. The van der Waals surface area contributed by atoms with Crippen LogP contribution in [0.1, 0.15) is 31.2 Å². The summed E-state index contributed by atoms with van der Waals surface area (Å²) < 4.78 is 0. The molecule has 3 nitrogen and oxygen atoms in total. The molecule has 0 bridgehead atoms. The Labute approximate surface area is 109 Å². The highest BCUT2D eigenvalue weighted by molar-refractivity contribution is 5.92. The van der Waals surface area contributed by atoms with E-state index in [2.05, 4.69) is 36.4 Å². The second-order valence-corrected chi connectivity index (χ2v) is 5.41. The number of carbonyl (C=O) groups is 1. The van der Waals surface area contributed by atoms with E-state index in [4.69, 9.17) is 0 Å². The van der Waals surface area contributed by atoms with E-state index in [9.17, 15) is 4.79 Å². The van der Waals surface area contributed by atoms with Gasteiger partial charge in [0.2, 0.25) is 5.91 Å². The summed E-state index contributed by atoms with van der Waals surface area (Å²) in [4.78, 5) is 14.1. The molecule has 0 atom stereocenters. The van der Waals surface area contributed by atoms with Crippen molar-refractivity contribution in [2.24, 2.45) is 5.92 Å². The first kappa shape index (κ1) is 13.1. The molecule has 0 saturated heterocycles. The third-order valence-electron chi connectivity index (χ3n) is 3.45. The van der Waals surface area contributed by atoms with Crippen LogP contribution in [0.25, 0.3) is 0 Å². The molecule has 0 aromatic heterocycles. The zero-order valence-electron chi connectivity index (χ0n) is 11.3. The molecule has 98 valence electrons. The van der Waals surface area contributed by atoms with Crippen LogP contribution in [0.4, 0.5) is 5.69 Å². The van der Waals surface area contributed by atoms with Crippen LogP contribution < -0.4 is 5.32 Å². The van der Waals surface area contributed by atoms with Gasteiger partial charge >= 0.3 is 0 Å². The number of rotatable bonds is 4. The number of nitrogens with one attached hydrogen (secondary N) is 1. The second kappa shape index (κ2) is 6.01. The van der Waals surface area contributed by atoms with Gasteiger partial charge in [0.05, 0.1) is 0 Å². The Morgan fingerprint density at radius 1 is 1.22 bits per heavy atom. The van der Waals surface area contributed by atoms with Gasteiger partial charge < -0.3 is 10.2 Å². The zero-order valence-corrected chi connectivity index (χ0v) is 11.3. The van der Waals surface area contributed by atoms with Gasteiger partial charge in [0.25, 0.3) is 0 Å². The van der Waals surface area contributed by atoms with E-state index in [1.54, 1.807) is 0 Å². The number of carbonyl (C=O) groups excluding carboxylic acids is 1. The molecule has 0 aliphatic heterocycles. The minimum absolute atomic E-state index is 0.188. The molecule has 1 saturated carbocycles. The molecule has 0 radical (unpaired) electrons. The Morgan fingerprint density at radius 3 is 2.39 bits per heavy atom. The van der Waals surface area contributed by atoms with Gasteiger partial charge in [0.1, 0.15) is 0 Å². The Kier molecular flexibility index (Phi) is 4.37. The fourth-order valence-corrected chi connectivity index (χ4v) is 2.49. The normalized spacial score (nSPS) is 16.2. The molecule has 0 heterocycles. The topological polar surface area (TPSA) is 32.3 Å². The predicted octanol–water partition coefficient (Wildman–Crippen LogP) is 2.88. The second-order valence-electron chi connectivity index (χ2n) is 5.41. The summed E-state index contributed by atoms with van der Waals surface area (Å²) in [5, 5.41) is 3.01. The van der Waals surface area contributed by atoms with E-state index in [0.29, 0.717) is 0 Å². The highest BCUT2D eigenvalue weighted by Crippen LogP contribution is 2.26. The Hall–Kier alpha value is -1.35. The van der Waals surface area contributed by atoms with Crippen molar-refractivity contribution in [2.45, 2.75) is 32.2 Å². The predicted molar refractivity (Wildman–Crippen MR) is 74.4 cm³/mol. The van der Waals surface area contributed by atoms with Crippen molar-refractivity contribution >= 4 is 11.6 Å². The van der Waals surface area contributed by atoms with Gasteiger partial charge in [-0.05, 0) is 44.6 Å². The Morgan fingerprint density at radius 2 is 1.83 bits per heavy atom. The van der Waals surface area contributed by atoms with Gasteiger partial charge in [0, 0.05) is 18.2 Å². The smallest absolute Gasteiger partial charge is 0.227 e. The highest BCUT2D eigenvalue weighted by atomic mass is 16.1. The van der Waals surface area contributed by atoms with Crippen LogP contribution in [0.2, 0.25) is 0 Å². The van der Waals surface area contributed by atoms with Gasteiger partial charge in [0.15, 0.2) is 0 Å². The minimum Gasteiger partial charge on any atom is -0.326 e. The summed E-state index contributed by atoms with van der Waals surface area (Å²) >= 11 is 0. The third-order valence-corrected chi connectivity index (χ3v) is 3.45. The maximum absolute atomic E-state index is 12.0. The third kappa shape index (κ3) is 3.57. The van der Waals surface area contributed by atoms with Gasteiger partial charge in [-0.1, -0.05) is 25.0 Å². The van der Waals surface area contributed by atoms with Gasteiger partial charge in [-0.15, -0.1) is 0 Å². The minimum atomic E-state index is 0.188. The first-order valence-corrected chi connectivity index (χ1v) is 6.69. The van der Waals surface area contributed by atoms with Crippen molar-refractivity contribution in [3.63, 3.8) is 0 Å². The monoisotopic (exact) mass is 246 g/mol. The van der Waals surface area contributed by atoms with Crippen LogP contribution in [-0.2, 0) is 11.3 Å². The molecular weight excluding hydrogens is 224 g/mol. The fraction of sp³-hybridized carbons (Fsp3) is 0.533. The molecule has 3 heteroatoms. The molecule has 1 aromatic rings. The Bertz CT molecular complexity index is 391. The first-order chi connectivity index (χ1) is 8.65. The summed E-state index contributed by atoms with van der Waals surface area (Å²) in [6.45, 7) is 0.927. The van der Waals surface area contributed by atoms with E-state index < -0.39 is 0 Å². The van der Waals surface area contributed by atoms with Gasteiger partial charge in [-0.25, -0.2) is 0 Å². The van der Waals surface area contributed by atoms with Crippen LogP contribution in [0.5, 0.6) is 0 Å². The fourth-order valence-electron chi connectivity index (χ4n) is 2.49. The lowest BCUT2D eigenvalue weighted by molar-refractivity contribution is -0.119. The van der Waals surface area contributed by atoms with E-state index in [-0.39, 0.29) is 11.8 Å². The van der Waals surface area contributed by atoms with Crippen LogP contribution in [0.15, 0.2) is 24.3 Å². The van der Waals surface area contributed by atoms with Crippen LogP contribution >= 0.6 is 0 Å². The molecule has 0 spiro atoms. The summed E-state index contributed by atoms with van der Waals surface area (Å²) in [5.74, 6) is 0.416. The molecule has 1 N–H and O–H groups in total. The standard InChI is InChI=1S/C15H22N2O/c1-17(2)11-12-7-9-14(10-8-12)16-15(18)13-5-3-4-6-13/h7-10,13H,3-6,11H2,1-2H3,(H,16,18). The number of anilines is 1. The lowest BCUT2D eigenvalue weighted by Crippen LogP contribution is -2.20. The number of nitrogens with zero attached hydrogens (tertiary/aromatic N) is 1. The lowest BCUT2D eigenvalue weighted by atomic mass is 10.1. The average molecular weight is 246 g/mol. The molecule has 1 aromatic carbocycles.